The van der Waals surface area contributed by atoms with Gasteiger partial charge in [-0.25, -0.2) is 0 Å². The Kier molecular flexibility index (Phi) is 4.45. The van der Waals surface area contributed by atoms with E-state index in [2.05, 4.69) is 0 Å². The maximum atomic E-state index is 12.0. The lowest BCUT2D eigenvalue weighted by Crippen LogP contribution is -2.30. The van der Waals surface area contributed by atoms with Crippen molar-refractivity contribution < 1.29 is 9.72 Å². The van der Waals surface area contributed by atoms with Gasteiger partial charge < -0.3 is 4.90 Å². The van der Waals surface area contributed by atoms with Crippen LogP contribution >= 0.6 is 11.6 Å². The summed E-state index contributed by atoms with van der Waals surface area (Å²) in [6, 6.07) is 3.98. The average Bonchev–Trinajstić information content (AvgIpc) is 2.29. The highest BCUT2D eigenvalue weighted by Gasteiger charge is 2.23. The number of carbonyl (C=O) groups excluding carboxylic acids is 1. The van der Waals surface area contributed by atoms with E-state index < -0.39 is 4.92 Å². The van der Waals surface area contributed by atoms with Gasteiger partial charge in [0.1, 0.15) is 5.56 Å². The summed E-state index contributed by atoms with van der Waals surface area (Å²) in [7, 11) is 0. The molecule has 5 nitrogen and oxygen atoms in total. The highest BCUT2D eigenvalue weighted by molar-refractivity contribution is 6.31. The number of hydrogen-bond acceptors (Lipinski definition) is 3. The molecular weight excluding hydrogens is 244 g/mol. The summed E-state index contributed by atoms with van der Waals surface area (Å²) in [6.07, 6.45) is 0. The number of halogens is 1. The molecule has 0 N–H and O–H groups in total. The predicted molar refractivity (Wildman–Crippen MR) is 65.4 cm³/mol. The molecule has 0 spiro atoms. The lowest BCUT2D eigenvalue weighted by atomic mass is 10.1. The highest BCUT2D eigenvalue weighted by atomic mass is 35.5. The highest BCUT2D eigenvalue weighted by Crippen LogP contribution is 2.24. The van der Waals surface area contributed by atoms with Crippen LogP contribution in [0.5, 0.6) is 0 Å². The van der Waals surface area contributed by atoms with Gasteiger partial charge in [-0.05, 0) is 26.0 Å². The summed E-state index contributed by atoms with van der Waals surface area (Å²) in [5.41, 5.74) is -0.183. The molecule has 0 aromatic heterocycles. The Balaban J connectivity index is 3.23. The molecule has 92 valence electrons. The number of hydrogen-bond donors (Lipinski definition) is 0. The molecule has 0 saturated carbocycles. The Morgan fingerprint density at radius 2 is 2.00 bits per heavy atom. The van der Waals surface area contributed by atoms with Gasteiger partial charge in [-0.15, -0.1) is 0 Å². The van der Waals surface area contributed by atoms with Crippen LogP contribution in [0.2, 0.25) is 5.02 Å². The van der Waals surface area contributed by atoms with Crippen LogP contribution in [-0.2, 0) is 0 Å². The van der Waals surface area contributed by atoms with E-state index in [0.29, 0.717) is 18.1 Å². The quantitative estimate of drug-likeness (QED) is 0.615. The van der Waals surface area contributed by atoms with Crippen LogP contribution in [0.3, 0.4) is 0 Å². The van der Waals surface area contributed by atoms with Gasteiger partial charge in [0.25, 0.3) is 11.6 Å². The van der Waals surface area contributed by atoms with Crippen molar-refractivity contribution in [3.63, 3.8) is 0 Å². The summed E-state index contributed by atoms with van der Waals surface area (Å²) < 4.78 is 0. The van der Waals surface area contributed by atoms with Crippen LogP contribution in [0.25, 0.3) is 0 Å². The molecule has 1 aromatic carbocycles. The van der Waals surface area contributed by atoms with Gasteiger partial charge in [0.15, 0.2) is 0 Å². The number of carbonyl (C=O) groups is 1. The van der Waals surface area contributed by atoms with E-state index in [4.69, 9.17) is 11.6 Å². The van der Waals surface area contributed by atoms with Crippen LogP contribution in [0.1, 0.15) is 24.2 Å². The average molecular weight is 257 g/mol. The van der Waals surface area contributed by atoms with Crippen LogP contribution in [0, 0.1) is 10.1 Å². The van der Waals surface area contributed by atoms with Gasteiger partial charge in [-0.2, -0.15) is 0 Å². The van der Waals surface area contributed by atoms with Crippen molar-refractivity contribution >= 4 is 23.2 Å². The molecule has 6 heteroatoms. The topological polar surface area (TPSA) is 63.5 Å². The molecule has 0 heterocycles. The number of amides is 1. The summed E-state index contributed by atoms with van der Waals surface area (Å²) in [4.78, 5) is 23.8. The number of nitrogens with zero attached hydrogens (tertiary/aromatic N) is 2. The molecule has 1 amide bonds. The number of nitro groups is 1. The first-order chi connectivity index (χ1) is 8.01. The Bertz CT molecular complexity index is 444. The van der Waals surface area contributed by atoms with Gasteiger partial charge in [-0.3, -0.25) is 14.9 Å². The summed E-state index contributed by atoms with van der Waals surface area (Å²) >= 11 is 5.76. The van der Waals surface area contributed by atoms with E-state index in [9.17, 15) is 14.9 Å². The van der Waals surface area contributed by atoms with Gasteiger partial charge in [0.05, 0.1) is 4.92 Å². The maximum absolute atomic E-state index is 12.0. The third-order valence-electron chi connectivity index (χ3n) is 2.44. The summed E-state index contributed by atoms with van der Waals surface area (Å²) in [5, 5.41) is 11.1. The molecule has 0 aliphatic rings. The van der Waals surface area contributed by atoms with E-state index in [1.54, 1.807) is 0 Å². The fourth-order valence-corrected chi connectivity index (χ4v) is 1.69. The zero-order valence-corrected chi connectivity index (χ0v) is 10.4. The van der Waals surface area contributed by atoms with E-state index in [-0.39, 0.29) is 17.2 Å². The molecule has 0 atom stereocenters. The largest absolute Gasteiger partial charge is 0.339 e. The first kappa shape index (κ1) is 13.4. The van der Waals surface area contributed by atoms with Crippen molar-refractivity contribution in [3.05, 3.63) is 38.9 Å². The zero-order chi connectivity index (χ0) is 13.0. The minimum absolute atomic E-state index is 0.0335. The first-order valence-corrected chi connectivity index (χ1v) is 5.62. The third-order valence-corrected chi connectivity index (χ3v) is 2.67. The molecule has 0 aliphatic heterocycles. The van der Waals surface area contributed by atoms with Gasteiger partial charge in [0, 0.05) is 24.2 Å². The predicted octanol–water partition coefficient (Wildman–Crippen LogP) is 2.73. The van der Waals surface area contributed by atoms with Crippen LogP contribution < -0.4 is 0 Å². The monoisotopic (exact) mass is 256 g/mol. The molecule has 0 radical (unpaired) electrons. The fraction of sp³-hybridized carbons (Fsp3) is 0.364. The third kappa shape index (κ3) is 2.94. The molecule has 17 heavy (non-hydrogen) atoms. The summed E-state index contributed by atoms with van der Waals surface area (Å²) in [5.74, 6) is -0.371. The molecule has 0 aliphatic carbocycles. The molecule has 0 fully saturated rings. The minimum Gasteiger partial charge on any atom is -0.339 e. The lowest BCUT2D eigenvalue weighted by molar-refractivity contribution is -0.385. The standard InChI is InChI=1S/C11H13ClN2O3/c1-3-13(4-2)11(15)9-7-8(12)5-6-10(9)14(16)17/h5-7H,3-4H2,1-2H3. The number of benzene rings is 1. The number of rotatable bonds is 4. The first-order valence-electron chi connectivity index (χ1n) is 5.24. The van der Waals surface area contributed by atoms with Crippen molar-refractivity contribution in [3.8, 4) is 0 Å². The maximum Gasteiger partial charge on any atom is 0.282 e. The summed E-state index contributed by atoms with van der Waals surface area (Å²) in [6.45, 7) is 4.63. The van der Waals surface area contributed by atoms with Gasteiger partial charge in [0.2, 0.25) is 0 Å². The normalized spacial score (nSPS) is 10.1. The van der Waals surface area contributed by atoms with Crippen LogP contribution in [-0.4, -0.2) is 28.8 Å². The molecule has 0 unspecified atom stereocenters. The fourth-order valence-electron chi connectivity index (χ4n) is 1.52. The van der Waals surface area contributed by atoms with Crippen molar-refractivity contribution in [1.29, 1.82) is 0 Å². The van der Waals surface area contributed by atoms with Gasteiger partial charge >= 0.3 is 0 Å². The van der Waals surface area contributed by atoms with Crippen molar-refractivity contribution in [2.75, 3.05) is 13.1 Å². The van der Waals surface area contributed by atoms with E-state index >= 15 is 0 Å². The molecule has 0 bridgehead atoms. The zero-order valence-electron chi connectivity index (χ0n) is 9.64. The second-order valence-corrected chi connectivity index (χ2v) is 3.83. The smallest absolute Gasteiger partial charge is 0.282 e. The molecule has 0 saturated heterocycles. The molecule has 1 rings (SSSR count). The van der Waals surface area contributed by atoms with E-state index in [1.165, 1.54) is 23.1 Å². The SMILES string of the molecule is CCN(CC)C(=O)c1cc(Cl)ccc1[N+](=O)[O-]. The Labute approximate surface area is 104 Å². The minimum atomic E-state index is -0.576. The molecular formula is C11H13ClN2O3. The van der Waals surface area contributed by atoms with Crippen molar-refractivity contribution in [2.24, 2.45) is 0 Å². The van der Waals surface area contributed by atoms with Crippen LogP contribution in [0.15, 0.2) is 18.2 Å². The van der Waals surface area contributed by atoms with E-state index in [1.807, 2.05) is 13.8 Å². The molecule has 1 aromatic rings. The van der Waals surface area contributed by atoms with E-state index in [0.717, 1.165) is 0 Å². The van der Waals surface area contributed by atoms with Crippen molar-refractivity contribution in [1.82, 2.24) is 4.90 Å². The Hall–Kier alpha value is -1.62. The van der Waals surface area contributed by atoms with Gasteiger partial charge in [-0.1, -0.05) is 11.6 Å². The lowest BCUT2D eigenvalue weighted by Gasteiger charge is -2.18. The number of nitro benzene ring substituents is 1. The Morgan fingerprint density at radius 1 is 1.41 bits per heavy atom. The second-order valence-electron chi connectivity index (χ2n) is 3.40. The second kappa shape index (κ2) is 5.63. The van der Waals surface area contributed by atoms with Crippen LogP contribution in [0.4, 0.5) is 5.69 Å². The van der Waals surface area contributed by atoms with Crippen molar-refractivity contribution in [2.45, 2.75) is 13.8 Å². The Morgan fingerprint density at radius 3 is 2.47 bits per heavy atom.